The maximum Gasteiger partial charge on any atom is 0.329 e. The summed E-state index contributed by atoms with van der Waals surface area (Å²) in [6, 6.07) is -1.11. The number of amides is 1. The molecule has 3 N–H and O–H groups in total. The lowest BCUT2D eigenvalue weighted by atomic mass is 9.79. The summed E-state index contributed by atoms with van der Waals surface area (Å²) in [5.41, 5.74) is 1.29. The van der Waals surface area contributed by atoms with Gasteiger partial charge in [0.15, 0.2) is 5.78 Å². The Kier molecular flexibility index (Phi) is 18.5. The first kappa shape index (κ1) is 51.7. The van der Waals surface area contributed by atoms with Gasteiger partial charge < -0.3 is 39.2 Å². The van der Waals surface area contributed by atoms with Crippen LogP contribution in [-0.2, 0) is 42.9 Å². The third kappa shape index (κ3) is 12.4. The number of hydrogen-bond acceptors (Lipinski definition) is 12. The molecule has 358 valence electrons. The van der Waals surface area contributed by atoms with E-state index in [0.29, 0.717) is 62.4 Å². The maximum atomic E-state index is 14.4. The molecule has 16 atom stereocenters. The normalized spacial score (nSPS) is 42.5. The summed E-state index contributed by atoms with van der Waals surface area (Å²) in [4.78, 5) is 71.8. The number of aliphatic hydroxyl groups excluding tert-OH is 2. The average molecular weight is 896 g/mol. The van der Waals surface area contributed by atoms with Gasteiger partial charge >= 0.3 is 5.97 Å². The highest BCUT2D eigenvalue weighted by Gasteiger charge is 2.53. The highest BCUT2D eigenvalue weighted by atomic mass is 16.6. The van der Waals surface area contributed by atoms with Crippen molar-refractivity contribution in [2.75, 3.05) is 20.8 Å². The molecule has 4 bridgehead atoms. The van der Waals surface area contributed by atoms with Crippen molar-refractivity contribution in [3.63, 3.8) is 0 Å². The Morgan fingerprint density at radius 1 is 0.859 bits per heavy atom. The molecule has 13 heteroatoms. The van der Waals surface area contributed by atoms with E-state index in [4.69, 9.17) is 18.9 Å². The van der Waals surface area contributed by atoms with E-state index in [-0.39, 0.29) is 54.8 Å². The summed E-state index contributed by atoms with van der Waals surface area (Å²) in [6.45, 7) is 12.9. The standard InChI is InChI=1S/C51H77NO12/c1-29-15-11-10-12-16-30(2)43(61-8)27-39-19-18-35(7)51(60,64-39)48(57)49(58)52-20-14-13-17-40(52)50(59)63-44(32(4)23-36-24-38-25-37(36)26-42(38)54)28-41(53)31(3)22-34(6)46(56)47(62-9)45(55)33(5)21-29/h10-12,15-16,22,29,31-33,35-40,42-44,46-47,54,56,60H,13-14,17-21,23-28H2,1-9H3/b12-10+,15-11+,30-16+,34-22+/t29-,31-,32-,33-,35-,36+,37-,38+,39+,40+,42+,43+,44+,46-,47+,51-/m1/s1. The van der Waals surface area contributed by atoms with Crippen molar-refractivity contribution in [2.24, 2.45) is 47.3 Å². The number of methoxy groups -OCH3 is 2. The molecule has 0 radical (unpaired) electrons. The number of cyclic esters (lactones) is 1. The van der Waals surface area contributed by atoms with Gasteiger partial charge in [0, 0.05) is 51.4 Å². The van der Waals surface area contributed by atoms with E-state index >= 15 is 0 Å². The molecule has 2 saturated heterocycles. The van der Waals surface area contributed by atoms with Crippen LogP contribution in [0.3, 0.4) is 0 Å². The molecule has 0 aromatic carbocycles. The molecule has 0 spiro atoms. The Morgan fingerprint density at radius 2 is 1.59 bits per heavy atom. The van der Waals surface area contributed by atoms with Crippen molar-refractivity contribution in [3.8, 4) is 0 Å². The lowest BCUT2D eigenvalue weighted by molar-refractivity contribution is -0.265. The second-order valence-electron chi connectivity index (χ2n) is 20.1. The highest BCUT2D eigenvalue weighted by Crippen LogP contribution is 2.51. The van der Waals surface area contributed by atoms with Gasteiger partial charge in [-0.3, -0.25) is 19.2 Å². The summed E-state index contributed by atoms with van der Waals surface area (Å²) >= 11 is 0. The Morgan fingerprint density at radius 3 is 2.25 bits per heavy atom. The van der Waals surface area contributed by atoms with Gasteiger partial charge in [0.1, 0.15) is 30.1 Å². The van der Waals surface area contributed by atoms with Gasteiger partial charge in [0.2, 0.25) is 5.79 Å². The SMILES string of the molecule is CO[C@H]1C[C@@H]2CC[C@@H](C)[C@@](O)(O2)C(=O)C(=O)N2CCCC[C@H]2C(=O)O[C@H]([C@H](C)C[C@H]2C[C@H]3C[C@@H]2C[C@@H]3O)CC(=O)[C@H](C)/C=C(\C)[C@@H](O)[C@@H](OC)C(=O)[C@H](C)C[C@H](C)/C=C/C=C/C=C/1C. The Balaban J connectivity index is 1.46. The number of carbonyl (C=O) groups excluding carboxylic acids is 5. The monoisotopic (exact) mass is 896 g/mol. The minimum atomic E-state index is -2.41. The Bertz CT molecular complexity index is 1780. The number of hydrogen-bond donors (Lipinski definition) is 3. The summed E-state index contributed by atoms with van der Waals surface area (Å²) in [6.07, 6.45) is 12.9. The zero-order chi connectivity index (χ0) is 47.0. The topological polar surface area (TPSA) is 186 Å². The van der Waals surface area contributed by atoms with Crippen LogP contribution >= 0.6 is 0 Å². The second kappa shape index (κ2) is 22.9. The zero-order valence-corrected chi connectivity index (χ0v) is 39.8. The van der Waals surface area contributed by atoms with Crippen LogP contribution in [-0.4, -0.2) is 119 Å². The van der Waals surface area contributed by atoms with Crippen LogP contribution in [0.4, 0.5) is 0 Å². The number of nitrogens with zero attached hydrogens (tertiary/aromatic N) is 1. The van der Waals surface area contributed by atoms with Crippen LogP contribution in [0.5, 0.6) is 0 Å². The van der Waals surface area contributed by atoms with Crippen LogP contribution in [0.25, 0.3) is 0 Å². The van der Waals surface area contributed by atoms with E-state index in [2.05, 4.69) is 0 Å². The fraction of sp³-hybridized carbons (Fsp3) is 0.745. The number of piperidine rings is 1. The average Bonchev–Trinajstić information content (AvgIpc) is 3.84. The van der Waals surface area contributed by atoms with Crippen molar-refractivity contribution < 1.29 is 58.2 Å². The quantitative estimate of drug-likeness (QED) is 0.157. The lowest BCUT2D eigenvalue weighted by Crippen LogP contribution is -2.61. The van der Waals surface area contributed by atoms with Crippen LogP contribution in [0.1, 0.15) is 126 Å². The Hall–Kier alpha value is -3.33. The molecule has 13 nitrogen and oxygen atoms in total. The van der Waals surface area contributed by atoms with E-state index in [1.54, 1.807) is 34.0 Å². The predicted molar refractivity (Wildman–Crippen MR) is 241 cm³/mol. The number of ether oxygens (including phenoxy) is 4. The van der Waals surface area contributed by atoms with E-state index < -0.39 is 77.8 Å². The van der Waals surface area contributed by atoms with Crippen molar-refractivity contribution in [1.82, 2.24) is 4.90 Å². The molecular formula is C51H77NO12. The first-order valence-electron chi connectivity index (χ1n) is 23.9. The van der Waals surface area contributed by atoms with Gasteiger partial charge in [0.25, 0.3) is 11.7 Å². The molecule has 0 aromatic heterocycles. The summed E-state index contributed by atoms with van der Waals surface area (Å²) < 4.78 is 23.8. The van der Waals surface area contributed by atoms with Crippen LogP contribution < -0.4 is 0 Å². The molecular weight excluding hydrogens is 819 g/mol. The molecule has 64 heavy (non-hydrogen) atoms. The van der Waals surface area contributed by atoms with Crippen molar-refractivity contribution in [2.45, 2.75) is 174 Å². The van der Waals surface area contributed by atoms with E-state index in [0.717, 1.165) is 24.8 Å². The number of allylic oxidation sites excluding steroid dienone is 6. The minimum absolute atomic E-state index is 0.0279. The van der Waals surface area contributed by atoms with Gasteiger partial charge in [-0.15, -0.1) is 0 Å². The molecule has 3 aliphatic heterocycles. The molecule has 5 rings (SSSR count). The third-order valence-electron chi connectivity index (χ3n) is 15.2. The largest absolute Gasteiger partial charge is 0.460 e. The molecule has 5 aliphatic rings. The molecule has 3 heterocycles. The fourth-order valence-electron chi connectivity index (χ4n) is 11.1. The summed E-state index contributed by atoms with van der Waals surface area (Å²) in [5, 5.41) is 33.8. The number of esters is 1. The van der Waals surface area contributed by atoms with Crippen molar-refractivity contribution in [3.05, 3.63) is 47.6 Å². The number of carbonyl (C=O) groups is 5. The fourth-order valence-corrected chi connectivity index (χ4v) is 11.1. The summed E-state index contributed by atoms with van der Waals surface area (Å²) in [7, 11) is 2.97. The van der Waals surface area contributed by atoms with Crippen LogP contribution in [0.2, 0.25) is 0 Å². The number of Topliss-reactive ketones (excluding diaryl/α,β-unsaturated/α-hetero) is 3. The van der Waals surface area contributed by atoms with E-state index in [1.165, 1.54) is 12.0 Å². The zero-order valence-electron chi connectivity index (χ0n) is 39.8. The van der Waals surface area contributed by atoms with Gasteiger partial charge in [0.05, 0.1) is 18.3 Å². The van der Waals surface area contributed by atoms with Crippen LogP contribution in [0.15, 0.2) is 47.6 Å². The molecule has 2 saturated carbocycles. The molecule has 2 aliphatic carbocycles. The lowest BCUT2D eigenvalue weighted by Gasteiger charge is -2.42. The van der Waals surface area contributed by atoms with Crippen LogP contribution in [0, 0.1) is 47.3 Å². The number of rotatable bonds is 5. The minimum Gasteiger partial charge on any atom is -0.460 e. The van der Waals surface area contributed by atoms with Crippen molar-refractivity contribution >= 4 is 29.2 Å². The number of fused-ring (bicyclic) bond motifs is 5. The number of ketones is 3. The summed E-state index contributed by atoms with van der Waals surface area (Å²) in [5.74, 6) is -6.92. The van der Waals surface area contributed by atoms with Gasteiger partial charge in [-0.1, -0.05) is 71.1 Å². The van der Waals surface area contributed by atoms with Gasteiger partial charge in [-0.2, -0.15) is 0 Å². The molecule has 0 unspecified atom stereocenters. The van der Waals surface area contributed by atoms with Gasteiger partial charge in [-0.25, -0.2) is 4.79 Å². The first-order chi connectivity index (χ1) is 30.3. The molecule has 4 fully saturated rings. The predicted octanol–water partition coefficient (Wildman–Crippen LogP) is 6.41. The maximum absolute atomic E-state index is 14.4. The van der Waals surface area contributed by atoms with Gasteiger partial charge in [-0.05, 0) is 119 Å². The smallest absolute Gasteiger partial charge is 0.329 e. The second-order valence-corrected chi connectivity index (χ2v) is 20.1. The first-order valence-corrected chi connectivity index (χ1v) is 23.9. The molecule has 0 aromatic rings. The van der Waals surface area contributed by atoms with E-state index in [1.807, 2.05) is 58.1 Å². The highest BCUT2D eigenvalue weighted by molar-refractivity contribution is 6.39. The third-order valence-corrected chi connectivity index (χ3v) is 15.2. The number of aliphatic hydroxyl groups is 3. The van der Waals surface area contributed by atoms with E-state index in [9.17, 15) is 39.3 Å². The molecule has 1 amide bonds. The van der Waals surface area contributed by atoms with Crippen molar-refractivity contribution in [1.29, 1.82) is 0 Å². The Labute approximate surface area is 381 Å².